The SMILES string of the molecule is CC(C)NC(=O)CNC(=O)c1cccc(S(=O)(=O)N2CCCCC2)c1. The lowest BCUT2D eigenvalue weighted by Crippen LogP contribution is -2.40. The average molecular weight is 367 g/mol. The van der Waals surface area contributed by atoms with Crippen LogP contribution in [0.1, 0.15) is 43.5 Å². The van der Waals surface area contributed by atoms with Crippen LogP contribution in [-0.4, -0.2) is 50.2 Å². The minimum absolute atomic E-state index is 0.0117. The van der Waals surface area contributed by atoms with Crippen LogP contribution >= 0.6 is 0 Å². The number of rotatable bonds is 6. The highest BCUT2D eigenvalue weighted by atomic mass is 32.2. The number of amides is 2. The molecule has 2 N–H and O–H groups in total. The Bertz CT molecular complexity index is 725. The zero-order valence-corrected chi connectivity index (χ0v) is 15.4. The number of hydrogen-bond acceptors (Lipinski definition) is 4. The monoisotopic (exact) mass is 367 g/mol. The van der Waals surface area contributed by atoms with Gasteiger partial charge in [0.25, 0.3) is 5.91 Å². The molecule has 1 aliphatic heterocycles. The fourth-order valence-electron chi connectivity index (χ4n) is 2.69. The fourth-order valence-corrected chi connectivity index (χ4v) is 4.25. The molecule has 1 heterocycles. The second kappa shape index (κ2) is 8.44. The van der Waals surface area contributed by atoms with Crippen LogP contribution in [0.2, 0.25) is 0 Å². The summed E-state index contributed by atoms with van der Waals surface area (Å²) in [6.45, 7) is 4.52. The molecular formula is C17H25N3O4S. The Balaban J connectivity index is 2.07. The lowest BCUT2D eigenvalue weighted by Gasteiger charge is -2.26. The highest BCUT2D eigenvalue weighted by molar-refractivity contribution is 7.89. The highest BCUT2D eigenvalue weighted by Crippen LogP contribution is 2.21. The molecule has 1 saturated heterocycles. The summed E-state index contributed by atoms with van der Waals surface area (Å²) in [6.07, 6.45) is 2.74. The molecule has 2 amide bonds. The quantitative estimate of drug-likeness (QED) is 0.787. The fraction of sp³-hybridized carbons (Fsp3) is 0.529. The van der Waals surface area contributed by atoms with Gasteiger partial charge in [0.2, 0.25) is 15.9 Å². The van der Waals surface area contributed by atoms with E-state index in [1.54, 1.807) is 6.07 Å². The number of piperidine rings is 1. The van der Waals surface area contributed by atoms with E-state index in [4.69, 9.17) is 0 Å². The molecule has 0 saturated carbocycles. The third-order valence-electron chi connectivity index (χ3n) is 3.91. The predicted octanol–water partition coefficient (Wildman–Crippen LogP) is 1.12. The number of carbonyl (C=O) groups excluding carboxylic acids is 2. The van der Waals surface area contributed by atoms with Gasteiger partial charge in [-0.1, -0.05) is 12.5 Å². The predicted molar refractivity (Wildman–Crippen MR) is 94.7 cm³/mol. The topological polar surface area (TPSA) is 95.6 Å². The molecular weight excluding hydrogens is 342 g/mol. The number of carbonyl (C=O) groups is 2. The van der Waals surface area contributed by atoms with E-state index in [-0.39, 0.29) is 29.0 Å². The molecule has 0 unspecified atom stereocenters. The van der Waals surface area contributed by atoms with E-state index >= 15 is 0 Å². The smallest absolute Gasteiger partial charge is 0.251 e. The summed E-state index contributed by atoms with van der Waals surface area (Å²) in [4.78, 5) is 23.9. The van der Waals surface area contributed by atoms with Crippen LogP contribution in [0.15, 0.2) is 29.2 Å². The summed E-state index contributed by atoms with van der Waals surface area (Å²) in [5.41, 5.74) is 0.218. The summed E-state index contributed by atoms with van der Waals surface area (Å²) in [6, 6.07) is 5.92. The number of hydrogen-bond donors (Lipinski definition) is 2. The standard InChI is InChI=1S/C17H25N3O4S/c1-13(2)19-16(21)12-18-17(22)14-7-6-8-15(11-14)25(23,24)20-9-4-3-5-10-20/h6-8,11,13H,3-5,9-10,12H2,1-2H3,(H,18,22)(H,19,21). The Hall–Kier alpha value is -1.93. The number of nitrogens with one attached hydrogen (secondary N) is 2. The van der Waals surface area contributed by atoms with Crippen molar-refractivity contribution in [3.05, 3.63) is 29.8 Å². The minimum Gasteiger partial charge on any atom is -0.352 e. The van der Waals surface area contributed by atoms with Crippen LogP contribution in [0.25, 0.3) is 0 Å². The molecule has 1 aromatic carbocycles. The first kappa shape index (κ1) is 19.4. The van der Waals surface area contributed by atoms with Crippen molar-refractivity contribution in [2.75, 3.05) is 19.6 Å². The molecule has 0 radical (unpaired) electrons. The van der Waals surface area contributed by atoms with Gasteiger partial charge < -0.3 is 10.6 Å². The van der Waals surface area contributed by atoms with E-state index in [2.05, 4.69) is 10.6 Å². The molecule has 0 spiro atoms. The van der Waals surface area contributed by atoms with Gasteiger partial charge in [-0.3, -0.25) is 9.59 Å². The maximum atomic E-state index is 12.7. The van der Waals surface area contributed by atoms with Crippen molar-refractivity contribution >= 4 is 21.8 Å². The molecule has 8 heteroatoms. The second-order valence-electron chi connectivity index (χ2n) is 6.40. The largest absolute Gasteiger partial charge is 0.352 e. The maximum absolute atomic E-state index is 12.7. The van der Waals surface area contributed by atoms with Crippen LogP contribution < -0.4 is 10.6 Å². The second-order valence-corrected chi connectivity index (χ2v) is 8.34. The van der Waals surface area contributed by atoms with Gasteiger partial charge in [-0.05, 0) is 44.9 Å². The third-order valence-corrected chi connectivity index (χ3v) is 5.80. The molecule has 1 aliphatic rings. The minimum atomic E-state index is -3.59. The van der Waals surface area contributed by atoms with Gasteiger partial charge in [-0.25, -0.2) is 8.42 Å². The number of benzene rings is 1. The zero-order valence-electron chi connectivity index (χ0n) is 14.6. The lowest BCUT2D eigenvalue weighted by molar-refractivity contribution is -0.120. The van der Waals surface area contributed by atoms with Crippen molar-refractivity contribution in [2.24, 2.45) is 0 Å². The molecule has 0 aromatic heterocycles. The van der Waals surface area contributed by atoms with Gasteiger partial charge in [-0.2, -0.15) is 4.31 Å². The third kappa shape index (κ3) is 5.27. The van der Waals surface area contributed by atoms with Crippen LogP contribution in [0.5, 0.6) is 0 Å². The average Bonchev–Trinajstić information content (AvgIpc) is 2.60. The molecule has 2 rings (SSSR count). The number of sulfonamides is 1. The Morgan fingerprint density at radius 1 is 1.16 bits per heavy atom. The van der Waals surface area contributed by atoms with E-state index in [1.807, 2.05) is 13.8 Å². The molecule has 0 bridgehead atoms. The molecule has 0 atom stereocenters. The lowest BCUT2D eigenvalue weighted by atomic mass is 10.2. The Morgan fingerprint density at radius 3 is 2.48 bits per heavy atom. The van der Waals surface area contributed by atoms with Gasteiger partial charge in [0.1, 0.15) is 0 Å². The summed E-state index contributed by atoms with van der Waals surface area (Å²) < 4.78 is 26.8. The normalized spacial score (nSPS) is 15.8. The van der Waals surface area contributed by atoms with Crippen LogP contribution in [-0.2, 0) is 14.8 Å². The van der Waals surface area contributed by atoms with E-state index in [0.29, 0.717) is 13.1 Å². The summed E-state index contributed by atoms with van der Waals surface area (Å²) in [7, 11) is -3.59. The van der Waals surface area contributed by atoms with Crippen LogP contribution in [0, 0.1) is 0 Å². The van der Waals surface area contributed by atoms with Crippen LogP contribution in [0.3, 0.4) is 0 Å². The first-order valence-corrected chi connectivity index (χ1v) is 9.92. The van der Waals surface area contributed by atoms with Crippen molar-refractivity contribution in [3.63, 3.8) is 0 Å². The molecule has 1 aromatic rings. The van der Waals surface area contributed by atoms with E-state index in [9.17, 15) is 18.0 Å². The highest BCUT2D eigenvalue weighted by Gasteiger charge is 2.26. The van der Waals surface area contributed by atoms with Gasteiger partial charge in [0.15, 0.2) is 0 Å². The Labute approximate surface area is 148 Å². The Kier molecular flexibility index (Phi) is 6.55. The first-order valence-electron chi connectivity index (χ1n) is 8.48. The Morgan fingerprint density at radius 2 is 1.84 bits per heavy atom. The number of nitrogens with zero attached hydrogens (tertiary/aromatic N) is 1. The van der Waals surface area contributed by atoms with Gasteiger partial charge >= 0.3 is 0 Å². The van der Waals surface area contributed by atoms with Crippen molar-refractivity contribution in [1.29, 1.82) is 0 Å². The van der Waals surface area contributed by atoms with Crippen LogP contribution in [0.4, 0.5) is 0 Å². The van der Waals surface area contributed by atoms with Crippen molar-refractivity contribution in [2.45, 2.75) is 44.0 Å². The van der Waals surface area contributed by atoms with E-state index in [1.165, 1.54) is 22.5 Å². The van der Waals surface area contributed by atoms with Gasteiger partial charge in [0.05, 0.1) is 11.4 Å². The molecule has 138 valence electrons. The van der Waals surface area contributed by atoms with E-state index < -0.39 is 15.9 Å². The summed E-state index contributed by atoms with van der Waals surface area (Å²) in [5, 5.41) is 5.17. The molecule has 0 aliphatic carbocycles. The van der Waals surface area contributed by atoms with Gasteiger partial charge in [-0.15, -0.1) is 0 Å². The molecule has 7 nitrogen and oxygen atoms in total. The van der Waals surface area contributed by atoms with Crippen molar-refractivity contribution in [1.82, 2.24) is 14.9 Å². The van der Waals surface area contributed by atoms with Crippen molar-refractivity contribution in [3.8, 4) is 0 Å². The zero-order chi connectivity index (χ0) is 18.4. The van der Waals surface area contributed by atoms with Crippen molar-refractivity contribution < 1.29 is 18.0 Å². The summed E-state index contributed by atoms with van der Waals surface area (Å²) in [5.74, 6) is -0.768. The first-order chi connectivity index (χ1) is 11.8. The van der Waals surface area contributed by atoms with Gasteiger partial charge in [0, 0.05) is 24.7 Å². The molecule has 25 heavy (non-hydrogen) atoms. The molecule has 1 fully saturated rings. The maximum Gasteiger partial charge on any atom is 0.251 e. The van der Waals surface area contributed by atoms with E-state index in [0.717, 1.165) is 19.3 Å². The summed E-state index contributed by atoms with van der Waals surface area (Å²) >= 11 is 0.